The van der Waals surface area contributed by atoms with Crippen molar-refractivity contribution in [3.8, 4) is 0 Å². The monoisotopic (exact) mass is 483 g/mol. The highest BCUT2D eigenvalue weighted by Crippen LogP contribution is 2.25. The number of urea groups is 1. The first kappa shape index (κ1) is 23.9. The molecule has 1 saturated heterocycles. The van der Waals surface area contributed by atoms with Gasteiger partial charge in [0.1, 0.15) is 5.82 Å². The van der Waals surface area contributed by atoms with E-state index in [1.165, 1.54) is 6.07 Å². The first-order valence-corrected chi connectivity index (χ1v) is 11.6. The fraction of sp³-hybridized carbons (Fsp3) is 0.300. The normalized spacial score (nSPS) is 17.1. The Morgan fingerprint density at radius 2 is 1.88 bits per heavy atom. The molecular weight excluding hydrogens is 461 g/mol. The van der Waals surface area contributed by atoms with Crippen molar-refractivity contribution >= 4 is 39.2 Å². The van der Waals surface area contributed by atoms with Crippen LogP contribution in [0.2, 0.25) is 5.02 Å². The molecule has 1 atom stereocenters. The zero-order chi connectivity index (χ0) is 23.3. The summed E-state index contributed by atoms with van der Waals surface area (Å²) in [6, 6.07) is 10.0. The minimum atomic E-state index is -4.21. The van der Waals surface area contributed by atoms with Crippen molar-refractivity contribution in [1.82, 2.24) is 14.5 Å². The minimum absolute atomic E-state index is 0.00136. The van der Waals surface area contributed by atoms with Gasteiger partial charge in [0.25, 0.3) is 5.91 Å². The first-order chi connectivity index (χ1) is 15.2. The average molecular weight is 484 g/mol. The van der Waals surface area contributed by atoms with Gasteiger partial charge in [0.05, 0.1) is 4.90 Å². The summed E-state index contributed by atoms with van der Waals surface area (Å²) < 4.78 is 40.8. The molecule has 1 heterocycles. The molecule has 3 amide bonds. The molecule has 9 nitrogen and oxygen atoms in total. The van der Waals surface area contributed by atoms with Crippen LogP contribution >= 0.6 is 11.6 Å². The van der Waals surface area contributed by atoms with Crippen LogP contribution in [0, 0.1) is 5.82 Å². The second-order valence-electron chi connectivity index (χ2n) is 7.01. The maximum absolute atomic E-state index is 13.3. The Kier molecular flexibility index (Phi) is 7.67. The van der Waals surface area contributed by atoms with Gasteiger partial charge < -0.3 is 16.4 Å². The van der Waals surface area contributed by atoms with Crippen LogP contribution in [-0.2, 0) is 14.8 Å². The summed E-state index contributed by atoms with van der Waals surface area (Å²) in [6.07, 6.45) is -1.16. The number of nitrogens with two attached hydrogens (primary N) is 1. The number of nitrogens with zero attached hydrogens (tertiary/aromatic N) is 2. The number of carbonyl (C=O) groups excluding carboxylic acids is 2. The van der Waals surface area contributed by atoms with E-state index >= 15 is 0 Å². The topological polar surface area (TPSA) is 125 Å². The highest BCUT2D eigenvalue weighted by atomic mass is 35.5. The van der Waals surface area contributed by atoms with Gasteiger partial charge in [-0.05, 0) is 48.9 Å². The van der Waals surface area contributed by atoms with E-state index in [-0.39, 0.29) is 31.1 Å². The Bertz CT molecular complexity index is 1080. The Morgan fingerprint density at radius 1 is 1.16 bits per heavy atom. The lowest BCUT2D eigenvalue weighted by Crippen LogP contribution is -2.64. The van der Waals surface area contributed by atoms with E-state index in [0.29, 0.717) is 17.1 Å². The van der Waals surface area contributed by atoms with Crippen molar-refractivity contribution in [3.63, 3.8) is 0 Å². The van der Waals surface area contributed by atoms with Gasteiger partial charge in [0, 0.05) is 36.9 Å². The molecule has 0 radical (unpaired) electrons. The second kappa shape index (κ2) is 10.3. The molecule has 2 aromatic rings. The van der Waals surface area contributed by atoms with E-state index in [1.807, 2.05) is 0 Å². The number of hydrogen-bond acceptors (Lipinski definition) is 5. The van der Waals surface area contributed by atoms with Crippen LogP contribution in [0.3, 0.4) is 0 Å². The summed E-state index contributed by atoms with van der Waals surface area (Å²) in [5.74, 6) is -1.29. The number of anilines is 1. The molecule has 1 unspecified atom stereocenters. The van der Waals surface area contributed by atoms with Gasteiger partial charge in [-0.1, -0.05) is 17.7 Å². The van der Waals surface area contributed by atoms with Crippen molar-refractivity contribution in [1.29, 1.82) is 0 Å². The molecule has 1 aliphatic heterocycles. The molecule has 3 rings (SSSR count). The molecule has 0 aliphatic carbocycles. The van der Waals surface area contributed by atoms with Gasteiger partial charge >= 0.3 is 6.03 Å². The summed E-state index contributed by atoms with van der Waals surface area (Å²) in [6.45, 7) is 0.380. The lowest BCUT2D eigenvalue weighted by atomic mass is 10.2. The third-order valence-corrected chi connectivity index (χ3v) is 6.88. The van der Waals surface area contributed by atoms with Crippen LogP contribution in [0.5, 0.6) is 0 Å². The van der Waals surface area contributed by atoms with Crippen LogP contribution in [0.15, 0.2) is 53.4 Å². The predicted molar refractivity (Wildman–Crippen MR) is 118 cm³/mol. The molecule has 1 fully saturated rings. The molecule has 0 spiro atoms. The average Bonchev–Trinajstić information content (AvgIpc) is 2.77. The number of rotatable bonds is 6. The Hall–Kier alpha value is -2.73. The van der Waals surface area contributed by atoms with E-state index in [9.17, 15) is 22.4 Å². The molecule has 0 bridgehead atoms. The first-order valence-electron chi connectivity index (χ1n) is 9.82. The summed E-state index contributed by atoms with van der Waals surface area (Å²) in [7, 11) is -4.21. The summed E-state index contributed by atoms with van der Waals surface area (Å²) in [5.41, 5.74) is 5.85. The van der Waals surface area contributed by atoms with Crippen molar-refractivity contribution in [2.75, 3.05) is 31.5 Å². The van der Waals surface area contributed by atoms with Crippen molar-refractivity contribution in [2.24, 2.45) is 5.73 Å². The van der Waals surface area contributed by atoms with Crippen LogP contribution in [0.1, 0.15) is 6.42 Å². The number of hydrogen-bond donors (Lipinski definition) is 3. The maximum atomic E-state index is 13.3. The van der Waals surface area contributed by atoms with Crippen LogP contribution < -0.4 is 16.4 Å². The highest BCUT2D eigenvalue weighted by molar-refractivity contribution is 7.89. The molecule has 0 saturated carbocycles. The molecule has 2 aromatic carbocycles. The largest absolute Gasteiger partial charge is 0.352 e. The minimum Gasteiger partial charge on any atom is -0.352 e. The fourth-order valence-corrected chi connectivity index (χ4v) is 5.11. The third-order valence-electron chi connectivity index (χ3n) is 4.78. The highest BCUT2D eigenvalue weighted by Gasteiger charge is 2.44. The third kappa shape index (κ3) is 5.36. The number of nitrogens with one attached hydrogen (secondary N) is 2. The van der Waals surface area contributed by atoms with E-state index in [4.69, 9.17) is 17.3 Å². The van der Waals surface area contributed by atoms with Crippen molar-refractivity contribution < 1.29 is 22.4 Å². The Labute approximate surface area is 190 Å². The zero-order valence-electron chi connectivity index (χ0n) is 17.0. The van der Waals surface area contributed by atoms with E-state index in [2.05, 4.69) is 10.6 Å². The van der Waals surface area contributed by atoms with E-state index < -0.39 is 33.9 Å². The van der Waals surface area contributed by atoms with Crippen LogP contribution in [-0.4, -0.2) is 61.9 Å². The molecular formula is C20H23ClFN5O4S. The van der Waals surface area contributed by atoms with Crippen molar-refractivity contribution in [2.45, 2.75) is 17.5 Å². The standard InChI is InChI=1S/C20H23ClFN5O4S/c21-14-3-1-4-16(13-14)25-20(29)26-11-2-12-27(19(26)18(28)24-10-9-23)32(30,31)17-7-5-15(22)6-8-17/h1,3-8,13,19H,2,9-12,23H2,(H,24,28)(H,25,29). The smallest absolute Gasteiger partial charge is 0.323 e. The lowest BCUT2D eigenvalue weighted by Gasteiger charge is -2.41. The van der Waals surface area contributed by atoms with Gasteiger partial charge in [-0.25, -0.2) is 17.6 Å². The van der Waals surface area contributed by atoms with Crippen LogP contribution in [0.4, 0.5) is 14.9 Å². The quantitative estimate of drug-likeness (QED) is 0.578. The van der Waals surface area contributed by atoms with Crippen LogP contribution in [0.25, 0.3) is 0 Å². The van der Waals surface area contributed by atoms with Crippen molar-refractivity contribution in [3.05, 3.63) is 59.4 Å². The summed E-state index contributed by atoms with van der Waals surface area (Å²) in [4.78, 5) is 26.9. The Morgan fingerprint density at radius 3 is 2.53 bits per heavy atom. The molecule has 0 aromatic heterocycles. The molecule has 1 aliphatic rings. The molecule has 4 N–H and O–H groups in total. The Balaban J connectivity index is 1.94. The van der Waals surface area contributed by atoms with Gasteiger partial charge in [-0.3, -0.25) is 9.69 Å². The fourth-order valence-electron chi connectivity index (χ4n) is 3.32. The number of amides is 3. The van der Waals surface area contributed by atoms with E-state index in [0.717, 1.165) is 33.5 Å². The number of halogens is 2. The number of sulfonamides is 1. The maximum Gasteiger partial charge on any atom is 0.323 e. The van der Waals surface area contributed by atoms with E-state index in [1.54, 1.807) is 18.2 Å². The zero-order valence-corrected chi connectivity index (χ0v) is 18.6. The number of benzene rings is 2. The number of carbonyl (C=O) groups is 2. The molecule has 172 valence electrons. The lowest BCUT2D eigenvalue weighted by molar-refractivity contribution is -0.130. The predicted octanol–water partition coefficient (Wildman–Crippen LogP) is 1.81. The second-order valence-corrected chi connectivity index (χ2v) is 9.34. The summed E-state index contributed by atoms with van der Waals surface area (Å²) in [5, 5.41) is 5.59. The van der Waals surface area contributed by atoms with Gasteiger partial charge in [0.2, 0.25) is 10.0 Å². The van der Waals surface area contributed by atoms with Gasteiger partial charge in [-0.15, -0.1) is 0 Å². The molecule has 12 heteroatoms. The van der Waals surface area contributed by atoms with Gasteiger partial charge in [0.15, 0.2) is 6.17 Å². The molecule has 32 heavy (non-hydrogen) atoms. The SMILES string of the molecule is NCCNC(=O)C1N(C(=O)Nc2cccc(Cl)c2)CCCN1S(=O)(=O)c1ccc(F)cc1. The summed E-state index contributed by atoms with van der Waals surface area (Å²) >= 11 is 5.96. The van der Waals surface area contributed by atoms with Gasteiger partial charge in [-0.2, -0.15) is 4.31 Å².